The number of aromatic nitrogens is 3. The lowest BCUT2D eigenvalue weighted by molar-refractivity contribution is 0.0517. The van der Waals surface area contributed by atoms with Crippen LogP contribution in [0.3, 0.4) is 0 Å². The molecular weight excluding hydrogens is 338 g/mol. The number of piperidine rings is 2. The van der Waals surface area contributed by atoms with E-state index in [2.05, 4.69) is 32.5 Å². The molecule has 0 radical (unpaired) electrons. The first-order valence-electron chi connectivity index (χ1n) is 10.2. The van der Waals surface area contributed by atoms with E-state index < -0.39 is 0 Å². The SMILES string of the molecule is CN1CCC(N2C[C@@H]3C[C@H](C2)c2ccc(-c4nccn4C)c(=O)n2C3)CC1. The van der Waals surface area contributed by atoms with Crippen molar-refractivity contribution in [2.75, 3.05) is 33.2 Å². The van der Waals surface area contributed by atoms with Gasteiger partial charge in [-0.2, -0.15) is 0 Å². The summed E-state index contributed by atoms with van der Waals surface area (Å²) in [6, 6.07) is 4.90. The number of likely N-dealkylation sites (tertiary alicyclic amines) is 2. The lowest BCUT2D eigenvalue weighted by Crippen LogP contribution is -2.53. The Morgan fingerprint density at radius 3 is 2.63 bits per heavy atom. The van der Waals surface area contributed by atoms with Gasteiger partial charge in [0, 0.05) is 56.7 Å². The van der Waals surface area contributed by atoms with Gasteiger partial charge in [0.05, 0.1) is 5.56 Å². The van der Waals surface area contributed by atoms with E-state index in [9.17, 15) is 4.79 Å². The molecule has 0 spiro atoms. The molecule has 2 aromatic heterocycles. The molecule has 2 fully saturated rings. The van der Waals surface area contributed by atoms with Crippen molar-refractivity contribution in [1.82, 2.24) is 23.9 Å². The van der Waals surface area contributed by atoms with Crippen molar-refractivity contribution in [1.29, 1.82) is 0 Å². The molecule has 6 heteroatoms. The van der Waals surface area contributed by atoms with Crippen LogP contribution in [-0.2, 0) is 13.6 Å². The van der Waals surface area contributed by atoms with Gasteiger partial charge in [0.1, 0.15) is 5.82 Å². The fourth-order valence-corrected chi connectivity index (χ4v) is 5.44. The number of rotatable bonds is 2. The number of aryl methyl sites for hydroxylation is 1. The molecule has 0 unspecified atom stereocenters. The van der Waals surface area contributed by atoms with Gasteiger partial charge in [0.2, 0.25) is 0 Å². The quantitative estimate of drug-likeness (QED) is 0.812. The molecule has 0 aliphatic carbocycles. The first kappa shape index (κ1) is 17.2. The second kappa shape index (κ2) is 6.60. The van der Waals surface area contributed by atoms with Crippen LogP contribution >= 0.6 is 0 Å². The second-order valence-corrected chi connectivity index (χ2v) is 8.74. The maximum atomic E-state index is 13.2. The van der Waals surface area contributed by atoms with Gasteiger partial charge in [0.25, 0.3) is 5.56 Å². The van der Waals surface area contributed by atoms with Crippen molar-refractivity contribution < 1.29 is 0 Å². The van der Waals surface area contributed by atoms with Crippen LogP contribution in [0, 0.1) is 5.92 Å². The minimum absolute atomic E-state index is 0.129. The lowest BCUT2D eigenvalue weighted by atomic mass is 9.81. The van der Waals surface area contributed by atoms with Crippen LogP contribution in [0.5, 0.6) is 0 Å². The summed E-state index contributed by atoms with van der Waals surface area (Å²) in [7, 11) is 4.17. The van der Waals surface area contributed by atoms with Gasteiger partial charge in [-0.05, 0) is 57.5 Å². The fourth-order valence-electron chi connectivity index (χ4n) is 5.44. The van der Waals surface area contributed by atoms with Gasteiger partial charge in [-0.25, -0.2) is 4.98 Å². The van der Waals surface area contributed by atoms with Crippen molar-refractivity contribution in [2.24, 2.45) is 13.0 Å². The topological polar surface area (TPSA) is 46.3 Å². The highest BCUT2D eigenvalue weighted by Gasteiger charge is 2.38. The number of fused-ring (bicyclic) bond motifs is 4. The molecule has 2 bridgehead atoms. The molecule has 5 rings (SSSR count). The van der Waals surface area contributed by atoms with Crippen LogP contribution in [-0.4, -0.2) is 63.2 Å². The Hall–Kier alpha value is -1.92. The minimum atomic E-state index is 0.129. The predicted molar refractivity (Wildman–Crippen MR) is 106 cm³/mol. The van der Waals surface area contributed by atoms with Gasteiger partial charge in [0.15, 0.2) is 0 Å². The summed E-state index contributed by atoms with van der Waals surface area (Å²) in [6.07, 6.45) is 7.44. The Bertz CT molecular complexity index is 892. The van der Waals surface area contributed by atoms with Gasteiger partial charge in [-0.15, -0.1) is 0 Å². The molecule has 5 heterocycles. The Morgan fingerprint density at radius 2 is 1.89 bits per heavy atom. The highest BCUT2D eigenvalue weighted by atomic mass is 16.1. The van der Waals surface area contributed by atoms with Gasteiger partial charge in [-0.1, -0.05) is 0 Å². The average Bonchev–Trinajstić information content (AvgIpc) is 3.09. The molecule has 27 heavy (non-hydrogen) atoms. The maximum Gasteiger partial charge on any atom is 0.261 e. The normalized spacial score (nSPS) is 26.9. The molecular formula is C21H29N5O. The Balaban J connectivity index is 1.44. The highest BCUT2D eigenvalue weighted by Crippen LogP contribution is 2.37. The van der Waals surface area contributed by atoms with E-state index in [1.165, 1.54) is 38.0 Å². The molecule has 3 aliphatic rings. The van der Waals surface area contributed by atoms with Gasteiger partial charge >= 0.3 is 0 Å². The largest absolute Gasteiger partial charge is 0.334 e. The molecule has 0 N–H and O–H groups in total. The smallest absolute Gasteiger partial charge is 0.261 e. The first-order chi connectivity index (χ1) is 13.1. The number of imidazole rings is 1. The van der Waals surface area contributed by atoms with Crippen molar-refractivity contribution in [2.45, 2.75) is 37.8 Å². The predicted octanol–water partition coefficient (Wildman–Crippen LogP) is 1.76. The van der Waals surface area contributed by atoms with Crippen LogP contribution in [0.2, 0.25) is 0 Å². The minimum Gasteiger partial charge on any atom is -0.334 e. The summed E-state index contributed by atoms with van der Waals surface area (Å²) >= 11 is 0. The summed E-state index contributed by atoms with van der Waals surface area (Å²) in [6.45, 7) is 5.51. The number of hydrogen-bond acceptors (Lipinski definition) is 4. The highest BCUT2D eigenvalue weighted by molar-refractivity contribution is 5.54. The molecule has 0 amide bonds. The van der Waals surface area contributed by atoms with Crippen molar-refractivity contribution in [3.63, 3.8) is 0 Å². The monoisotopic (exact) mass is 367 g/mol. The maximum absolute atomic E-state index is 13.2. The Morgan fingerprint density at radius 1 is 1.07 bits per heavy atom. The molecule has 6 nitrogen and oxygen atoms in total. The zero-order valence-corrected chi connectivity index (χ0v) is 16.3. The van der Waals surface area contributed by atoms with E-state index in [4.69, 9.17) is 0 Å². The zero-order chi connectivity index (χ0) is 18.5. The molecule has 144 valence electrons. The molecule has 3 aliphatic heterocycles. The lowest BCUT2D eigenvalue weighted by Gasteiger charge is -2.47. The average molecular weight is 367 g/mol. The van der Waals surface area contributed by atoms with E-state index in [1.54, 1.807) is 6.20 Å². The summed E-state index contributed by atoms with van der Waals surface area (Å²) in [4.78, 5) is 22.8. The van der Waals surface area contributed by atoms with Crippen LogP contribution in [0.1, 0.15) is 30.9 Å². The second-order valence-electron chi connectivity index (χ2n) is 8.74. The third-order valence-electron chi connectivity index (χ3n) is 6.90. The summed E-state index contributed by atoms with van der Waals surface area (Å²) in [5, 5.41) is 0. The summed E-state index contributed by atoms with van der Waals surface area (Å²) < 4.78 is 3.98. The van der Waals surface area contributed by atoms with Crippen LogP contribution in [0.4, 0.5) is 0 Å². The van der Waals surface area contributed by atoms with E-state index >= 15 is 0 Å². The Labute approximate surface area is 160 Å². The first-order valence-corrected chi connectivity index (χ1v) is 10.2. The Kier molecular flexibility index (Phi) is 4.20. The number of hydrogen-bond donors (Lipinski definition) is 0. The zero-order valence-electron chi connectivity index (χ0n) is 16.3. The third-order valence-corrected chi connectivity index (χ3v) is 6.90. The van der Waals surface area contributed by atoms with E-state index in [0.717, 1.165) is 37.1 Å². The van der Waals surface area contributed by atoms with Crippen molar-refractivity contribution in [3.8, 4) is 11.4 Å². The summed E-state index contributed by atoms with van der Waals surface area (Å²) in [5.74, 6) is 1.84. The van der Waals surface area contributed by atoms with Crippen molar-refractivity contribution >= 4 is 0 Å². The molecule has 0 aromatic carbocycles. The van der Waals surface area contributed by atoms with Crippen LogP contribution in [0.15, 0.2) is 29.3 Å². The van der Waals surface area contributed by atoms with Crippen LogP contribution in [0.25, 0.3) is 11.4 Å². The summed E-state index contributed by atoms with van der Waals surface area (Å²) in [5.41, 5.74) is 2.08. The standard InChI is InChI=1S/C21H29N5O/c1-23-8-5-17(6-9-23)25-12-15-11-16(14-25)19-4-3-18(21(27)26(19)13-15)20-22-7-10-24(20)2/h3-4,7,10,15-17H,5-6,8-9,11-14H2,1-2H3/t15-,16+/m0/s1. The van der Waals surface area contributed by atoms with Crippen molar-refractivity contribution in [3.05, 3.63) is 40.6 Å². The van der Waals surface area contributed by atoms with Gasteiger partial charge in [-0.3, -0.25) is 9.69 Å². The van der Waals surface area contributed by atoms with E-state index in [-0.39, 0.29) is 5.56 Å². The number of pyridine rings is 1. The third kappa shape index (κ3) is 2.95. The van der Waals surface area contributed by atoms with Gasteiger partial charge < -0.3 is 14.0 Å². The molecule has 2 atom stereocenters. The van der Waals surface area contributed by atoms with Crippen LogP contribution < -0.4 is 5.56 Å². The molecule has 2 aromatic rings. The van der Waals surface area contributed by atoms with E-state index in [1.807, 2.05) is 23.9 Å². The molecule has 0 saturated carbocycles. The molecule has 2 saturated heterocycles. The number of nitrogens with zero attached hydrogens (tertiary/aromatic N) is 5. The van der Waals surface area contributed by atoms with E-state index in [0.29, 0.717) is 11.8 Å². The fraction of sp³-hybridized carbons (Fsp3) is 0.619.